The molecular formula is C19H24O4. The SMILES string of the molecule is CCOC(=O)C1C(=O)c2ccccc2C(C)(CCC(C)C)C1=O. The summed E-state index contributed by atoms with van der Waals surface area (Å²) in [5.74, 6) is -2.40. The Kier molecular flexibility index (Phi) is 5.03. The predicted octanol–water partition coefficient (Wildman–Crippen LogP) is 3.33. The zero-order valence-electron chi connectivity index (χ0n) is 14.2. The normalized spacial score (nSPS) is 23.8. The van der Waals surface area contributed by atoms with Crippen molar-refractivity contribution in [3.05, 3.63) is 35.4 Å². The Bertz CT molecular complexity index is 632. The molecule has 1 aromatic rings. The predicted molar refractivity (Wildman–Crippen MR) is 87.3 cm³/mol. The highest BCUT2D eigenvalue weighted by Gasteiger charge is 2.51. The molecule has 124 valence electrons. The number of Topliss-reactive ketones (excluding diaryl/α,β-unsaturated/α-hetero) is 2. The second-order valence-corrected chi connectivity index (χ2v) is 6.72. The Morgan fingerprint density at radius 3 is 2.52 bits per heavy atom. The molecule has 0 spiro atoms. The van der Waals surface area contributed by atoms with Crippen LogP contribution in [0.3, 0.4) is 0 Å². The van der Waals surface area contributed by atoms with Crippen LogP contribution in [-0.2, 0) is 19.7 Å². The summed E-state index contributed by atoms with van der Waals surface area (Å²) in [4.78, 5) is 37.9. The van der Waals surface area contributed by atoms with E-state index >= 15 is 0 Å². The Balaban J connectivity index is 2.52. The molecule has 0 aliphatic heterocycles. The number of benzene rings is 1. The van der Waals surface area contributed by atoms with E-state index < -0.39 is 23.1 Å². The minimum atomic E-state index is -1.33. The van der Waals surface area contributed by atoms with Crippen LogP contribution in [0.25, 0.3) is 0 Å². The smallest absolute Gasteiger partial charge is 0.324 e. The third-order valence-corrected chi connectivity index (χ3v) is 4.60. The van der Waals surface area contributed by atoms with Crippen LogP contribution >= 0.6 is 0 Å². The maximum atomic E-state index is 13.0. The number of carbonyl (C=O) groups excluding carboxylic acids is 3. The van der Waals surface area contributed by atoms with Crippen LogP contribution in [0.1, 0.15) is 56.5 Å². The van der Waals surface area contributed by atoms with E-state index in [-0.39, 0.29) is 12.4 Å². The molecule has 0 saturated carbocycles. The van der Waals surface area contributed by atoms with Crippen molar-refractivity contribution in [1.29, 1.82) is 0 Å². The van der Waals surface area contributed by atoms with Gasteiger partial charge in [-0.2, -0.15) is 0 Å². The van der Waals surface area contributed by atoms with Crippen molar-refractivity contribution in [2.75, 3.05) is 6.61 Å². The number of esters is 1. The van der Waals surface area contributed by atoms with Gasteiger partial charge in [0, 0.05) is 5.56 Å². The fraction of sp³-hybridized carbons (Fsp3) is 0.526. The zero-order valence-corrected chi connectivity index (χ0v) is 14.2. The summed E-state index contributed by atoms with van der Waals surface area (Å²) in [7, 11) is 0. The average molecular weight is 316 g/mol. The fourth-order valence-corrected chi connectivity index (χ4v) is 3.18. The van der Waals surface area contributed by atoms with E-state index in [1.165, 1.54) is 0 Å². The van der Waals surface area contributed by atoms with Crippen molar-refractivity contribution in [2.24, 2.45) is 11.8 Å². The van der Waals surface area contributed by atoms with Gasteiger partial charge < -0.3 is 4.74 Å². The van der Waals surface area contributed by atoms with Gasteiger partial charge in [0.1, 0.15) is 0 Å². The Morgan fingerprint density at radius 1 is 1.26 bits per heavy atom. The summed E-state index contributed by atoms with van der Waals surface area (Å²) in [5.41, 5.74) is 0.374. The highest BCUT2D eigenvalue weighted by atomic mass is 16.5. The molecule has 4 nitrogen and oxygen atoms in total. The summed E-state index contributed by atoms with van der Waals surface area (Å²) in [6, 6.07) is 7.12. The molecule has 2 rings (SSSR count). The standard InChI is InChI=1S/C19H24O4/c1-5-23-18(22)15-16(20)13-8-6-7-9-14(13)19(4,17(15)21)11-10-12(2)3/h6-9,12,15H,5,10-11H2,1-4H3. The molecule has 0 heterocycles. The number of hydrogen-bond donors (Lipinski definition) is 0. The molecule has 1 aromatic carbocycles. The van der Waals surface area contributed by atoms with Gasteiger partial charge in [0.05, 0.1) is 12.0 Å². The minimum absolute atomic E-state index is 0.153. The van der Waals surface area contributed by atoms with Crippen LogP contribution in [0, 0.1) is 11.8 Å². The largest absolute Gasteiger partial charge is 0.465 e. The summed E-state index contributed by atoms with van der Waals surface area (Å²) >= 11 is 0. The minimum Gasteiger partial charge on any atom is -0.465 e. The zero-order chi connectivity index (χ0) is 17.2. The van der Waals surface area contributed by atoms with E-state index in [0.717, 1.165) is 12.0 Å². The summed E-state index contributed by atoms with van der Waals surface area (Å²) < 4.78 is 4.98. The van der Waals surface area contributed by atoms with Crippen LogP contribution in [-0.4, -0.2) is 24.1 Å². The molecule has 0 saturated heterocycles. The van der Waals surface area contributed by atoms with Gasteiger partial charge in [-0.25, -0.2) is 0 Å². The molecule has 0 amide bonds. The molecule has 1 aliphatic carbocycles. The maximum absolute atomic E-state index is 13.0. The van der Waals surface area contributed by atoms with Crippen molar-refractivity contribution in [1.82, 2.24) is 0 Å². The number of ether oxygens (including phenoxy) is 1. The Labute approximate surface area is 137 Å². The number of hydrogen-bond acceptors (Lipinski definition) is 4. The highest BCUT2D eigenvalue weighted by Crippen LogP contribution is 2.41. The van der Waals surface area contributed by atoms with Crippen LogP contribution in [0.4, 0.5) is 0 Å². The van der Waals surface area contributed by atoms with Crippen molar-refractivity contribution in [3.8, 4) is 0 Å². The summed E-state index contributed by atoms with van der Waals surface area (Å²) in [6.07, 6.45) is 1.46. The van der Waals surface area contributed by atoms with Gasteiger partial charge in [-0.05, 0) is 38.2 Å². The molecule has 23 heavy (non-hydrogen) atoms. The van der Waals surface area contributed by atoms with E-state index in [0.29, 0.717) is 17.9 Å². The van der Waals surface area contributed by atoms with Gasteiger partial charge in [0.15, 0.2) is 17.5 Å². The molecule has 0 fully saturated rings. The lowest BCUT2D eigenvalue weighted by atomic mass is 9.63. The van der Waals surface area contributed by atoms with E-state index in [4.69, 9.17) is 4.74 Å². The first-order valence-electron chi connectivity index (χ1n) is 8.17. The second-order valence-electron chi connectivity index (χ2n) is 6.72. The van der Waals surface area contributed by atoms with Crippen molar-refractivity contribution < 1.29 is 19.1 Å². The molecule has 0 aromatic heterocycles. The van der Waals surface area contributed by atoms with Gasteiger partial charge in [-0.15, -0.1) is 0 Å². The lowest BCUT2D eigenvalue weighted by molar-refractivity contribution is -0.151. The third kappa shape index (κ3) is 3.07. The third-order valence-electron chi connectivity index (χ3n) is 4.60. The van der Waals surface area contributed by atoms with Gasteiger partial charge in [-0.3, -0.25) is 14.4 Å². The monoisotopic (exact) mass is 316 g/mol. The second kappa shape index (κ2) is 6.65. The van der Waals surface area contributed by atoms with Crippen molar-refractivity contribution in [2.45, 2.75) is 46.0 Å². The highest BCUT2D eigenvalue weighted by molar-refractivity contribution is 6.28. The van der Waals surface area contributed by atoms with E-state index in [1.807, 2.05) is 19.1 Å². The Hall–Kier alpha value is -1.97. The first-order valence-corrected chi connectivity index (χ1v) is 8.17. The Morgan fingerprint density at radius 2 is 1.91 bits per heavy atom. The molecule has 0 N–H and O–H groups in total. The number of rotatable bonds is 5. The van der Waals surface area contributed by atoms with Crippen LogP contribution < -0.4 is 0 Å². The maximum Gasteiger partial charge on any atom is 0.324 e. The fourth-order valence-electron chi connectivity index (χ4n) is 3.18. The first kappa shape index (κ1) is 17.4. The van der Waals surface area contributed by atoms with Gasteiger partial charge in [-0.1, -0.05) is 38.1 Å². The first-order chi connectivity index (χ1) is 10.8. The van der Waals surface area contributed by atoms with Gasteiger partial charge in [0.25, 0.3) is 0 Å². The topological polar surface area (TPSA) is 60.4 Å². The lowest BCUT2D eigenvalue weighted by Gasteiger charge is -2.37. The molecule has 1 aliphatic rings. The average Bonchev–Trinajstić information content (AvgIpc) is 2.52. The van der Waals surface area contributed by atoms with Crippen LogP contribution in [0.2, 0.25) is 0 Å². The van der Waals surface area contributed by atoms with Crippen LogP contribution in [0.15, 0.2) is 24.3 Å². The van der Waals surface area contributed by atoms with Crippen LogP contribution in [0.5, 0.6) is 0 Å². The van der Waals surface area contributed by atoms with Crippen molar-refractivity contribution in [3.63, 3.8) is 0 Å². The van der Waals surface area contributed by atoms with Crippen molar-refractivity contribution >= 4 is 17.5 Å². The van der Waals surface area contributed by atoms with Gasteiger partial charge >= 0.3 is 5.97 Å². The quantitative estimate of drug-likeness (QED) is 0.617. The number of ketones is 2. The molecule has 4 heteroatoms. The van der Waals surface area contributed by atoms with Gasteiger partial charge in [0.2, 0.25) is 0 Å². The number of carbonyl (C=O) groups is 3. The van der Waals surface area contributed by atoms with E-state index in [2.05, 4.69) is 13.8 Å². The molecule has 2 atom stereocenters. The number of fused-ring (bicyclic) bond motifs is 1. The molecule has 0 bridgehead atoms. The lowest BCUT2D eigenvalue weighted by Crippen LogP contribution is -2.49. The van der Waals surface area contributed by atoms with E-state index in [1.54, 1.807) is 19.1 Å². The summed E-state index contributed by atoms with van der Waals surface area (Å²) in [5, 5.41) is 0. The van der Waals surface area contributed by atoms with E-state index in [9.17, 15) is 14.4 Å². The molecule has 0 radical (unpaired) electrons. The summed E-state index contributed by atoms with van der Waals surface area (Å²) in [6.45, 7) is 7.85. The molecular weight excluding hydrogens is 292 g/mol. The molecule has 2 unspecified atom stereocenters.